The van der Waals surface area contributed by atoms with Crippen LogP contribution < -0.4 is 5.32 Å². The van der Waals surface area contributed by atoms with E-state index in [-0.39, 0.29) is 18.6 Å². The van der Waals surface area contributed by atoms with Crippen molar-refractivity contribution in [1.29, 1.82) is 0 Å². The Morgan fingerprint density at radius 2 is 1.86 bits per heavy atom. The van der Waals surface area contributed by atoms with Crippen molar-refractivity contribution in [2.24, 2.45) is 5.16 Å². The number of hydrogen-bond donors (Lipinski definition) is 1. The molecular weight excluding hydrogens is 276 g/mol. The Kier molecular flexibility index (Phi) is 5.72. The van der Waals surface area contributed by atoms with Crippen LogP contribution in [0.15, 0.2) is 59.8 Å². The zero-order valence-electron chi connectivity index (χ0n) is 12.8. The lowest BCUT2D eigenvalue weighted by Gasteiger charge is -2.16. The molecule has 4 nitrogen and oxygen atoms in total. The molecule has 2 aromatic rings. The Bertz CT molecular complexity index is 639. The van der Waals surface area contributed by atoms with E-state index >= 15 is 0 Å². The highest BCUT2D eigenvalue weighted by Gasteiger charge is 2.11. The van der Waals surface area contributed by atoms with Crippen LogP contribution in [0.25, 0.3) is 0 Å². The van der Waals surface area contributed by atoms with Gasteiger partial charge in [-0.25, -0.2) is 0 Å². The van der Waals surface area contributed by atoms with Crippen molar-refractivity contribution >= 4 is 12.1 Å². The predicted molar refractivity (Wildman–Crippen MR) is 87.7 cm³/mol. The van der Waals surface area contributed by atoms with Gasteiger partial charge in [-0.1, -0.05) is 59.8 Å². The first-order chi connectivity index (χ1) is 10.7. The molecule has 0 aliphatic rings. The van der Waals surface area contributed by atoms with Crippen molar-refractivity contribution in [3.05, 3.63) is 71.3 Å². The SMILES string of the molecule is Cc1ccccc1C(C)NC(=O)CO/N=C/c1ccccc1. The van der Waals surface area contributed by atoms with Crippen molar-refractivity contribution in [3.8, 4) is 0 Å². The van der Waals surface area contributed by atoms with Crippen molar-refractivity contribution < 1.29 is 9.63 Å². The number of nitrogens with one attached hydrogen (secondary N) is 1. The molecule has 0 spiro atoms. The van der Waals surface area contributed by atoms with E-state index in [0.717, 1.165) is 16.7 Å². The average Bonchev–Trinajstić information content (AvgIpc) is 2.53. The molecule has 0 aliphatic heterocycles. The van der Waals surface area contributed by atoms with Gasteiger partial charge in [-0.05, 0) is 30.5 Å². The third-order valence-corrected chi connectivity index (χ3v) is 3.30. The molecule has 1 unspecified atom stereocenters. The van der Waals surface area contributed by atoms with Gasteiger partial charge < -0.3 is 10.2 Å². The minimum atomic E-state index is -0.194. The number of hydrogen-bond acceptors (Lipinski definition) is 3. The molecule has 0 aliphatic carbocycles. The number of carbonyl (C=O) groups excluding carboxylic acids is 1. The zero-order chi connectivity index (χ0) is 15.8. The first-order valence-electron chi connectivity index (χ1n) is 7.22. The Balaban J connectivity index is 1.78. The molecule has 0 bridgehead atoms. The van der Waals surface area contributed by atoms with Crippen LogP contribution in [0.2, 0.25) is 0 Å². The fourth-order valence-corrected chi connectivity index (χ4v) is 2.17. The minimum Gasteiger partial charge on any atom is -0.386 e. The molecule has 22 heavy (non-hydrogen) atoms. The summed E-state index contributed by atoms with van der Waals surface area (Å²) in [5.74, 6) is -0.194. The molecule has 0 aromatic heterocycles. The molecule has 1 N–H and O–H groups in total. The second-order valence-corrected chi connectivity index (χ2v) is 5.06. The summed E-state index contributed by atoms with van der Waals surface area (Å²) in [7, 11) is 0. The van der Waals surface area contributed by atoms with Gasteiger partial charge in [-0.3, -0.25) is 4.79 Å². The Hall–Kier alpha value is -2.62. The third kappa shape index (κ3) is 4.74. The smallest absolute Gasteiger partial charge is 0.261 e. The van der Waals surface area contributed by atoms with Gasteiger partial charge in [0.25, 0.3) is 5.91 Å². The molecule has 0 fully saturated rings. The standard InChI is InChI=1S/C18H20N2O2/c1-14-8-6-7-11-17(14)15(2)20-18(21)13-22-19-12-16-9-4-3-5-10-16/h3-12,15H,13H2,1-2H3,(H,20,21)/b19-12+. The summed E-state index contributed by atoms with van der Waals surface area (Å²) in [6.45, 7) is 3.88. The van der Waals surface area contributed by atoms with Gasteiger partial charge >= 0.3 is 0 Å². The Morgan fingerprint density at radius 1 is 1.18 bits per heavy atom. The van der Waals surface area contributed by atoms with Gasteiger partial charge in [0.05, 0.1) is 12.3 Å². The van der Waals surface area contributed by atoms with Crippen molar-refractivity contribution in [2.45, 2.75) is 19.9 Å². The maximum atomic E-state index is 11.8. The molecular formula is C18H20N2O2. The molecule has 0 saturated heterocycles. The monoisotopic (exact) mass is 296 g/mol. The zero-order valence-corrected chi connectivity index (χ0v) is 12.8. The van der Waals surface area contributed by atoms with E-state index in [0.29, 0.717) is 0 Å². The lowest BCUT2D eigenvalue weighted by atomic mass is 10.0. The topological polar surface area (TPSA) is 50.7 Å². The van der Waals surface area contributed by atoms with Gasteiger partial charge in [-0.15, -0.1) is 0 Å². The van der Waals surface area contributed by atoms with Crippen molar-refractivity contribution in [3.63, 3.8) is 0 Å². The van der Waals surface area contributed by atoms with E-state index in [1.807, 2.05) is 68.4 Å². The normalized spacial score (nSPS) is 12.1. The number of aryl methyl sites for hydroxylation is 1. The van der Waals surface area contributed by atoms with Crippen molar-refractivity contribution in [2.75, 3.05) is 6.61 Å². The summed E-state index contributed by atoms with van der Waals surface area (Å²) >= 11 is 0. The maximum Gasteiger partial charge on any atom is 0.261 e. The quantitative estimate of drug-likeness (QED) is 0.657. The second-order valence-electron chi connectivity index (χ2n) is 5.06. The van der Waals surface area contributed by atoms with Crippen LogP contribution in [-0.2, 0) is 9.63 Å². The number of rotatable bonds is 6. The molecule has 0 radical (unpaired) electrons. The molecule has 114 valence electrons. The van der Waals surface area contributed by atoms with Gasteiger partial charge in [0, 0.05) is 0 Å². The van der Waals surface area contributed by atoms with E-state index in [4.69, 9.17) is 4.84 Å². The third-order valence-electron chi connectivity index (χ3n) is 3.30. The second kappa shape index (κ2) is 7.98. The summed E-state index contributed by atoms with van der Waals surface area (Å²) < 4.78 is 0. The van der Waals surface area contributed by atoms with Crippen LogP contribution in [0, 0.1) is 6.92 Å². The summed E-state index contributed by atoms with van der Waals surface area (Å²) in [6.07, 6.45) is 1.58. The minimum absolute atomic E-state index is 0.0598. The maximum absolute atomic E-state index is 11.8. The summed E-state index contributed by atoms with van der Waals surface area (Å²) in [5, 5.41) is 6.69. The molecule has 1 atom stereocenters. The van der Waals surface area contributed by atoms with E-state index in [1.54, 1.807) is 6.21 Å². The fourth-order valence-electron chi connectivity index (χ4n) is 2.17. The van der Waals surface area contributed by atoms with E-state index in [1.165, 1.54) is 0 Å². The highest BCUT2D eigenvalue weighted by Crippen LogP contribution is 2.16. The van der Waals surface area contributed by atoms with E-state index < -0.39 is 0 Å². The Morgan fingerprint density at radius 3 is 2.59 bits per heavy atom. The van der Waals surface area contributed by atoms with Crippen LogP contribution in [0.5, 0.6) is 0 Å². The number of nitrogens with zero attached hydrogens (tertiary/aromatic N) is 1. The number of amides is 1. The number of benzene rings is 2. The first kappa shape index (κ1) is 15.8. The van der Waals surface area contributed by atoms with Crippen LogP contribution in [-0.4, -0.2) is 18.7 Å². The molecule has 0 heterocycles. The number of oxime groups is 1. The lowest BCUT2D eigenvalue weighted by Crippen LogP contribution is -2.30. The lowest BCUT2D eigenvalue weighted by molar-refractivity contribution is -0.126. The van der Waals surface area contributed by atoms with Gasteiger partial charge in [0.15, 0.2) is 6.61 Å². The predicted octanol–water partition coefficient (Wildman–Crippen LogP) is 3.22. The number of carbonyl (C=O) groups is 1. The molecule has 4 heteroatoms. The van der Waals surface area contributed by atoms with Crippen LogP contribution in [0.4, 0.5) is 0 Å². The largest absolute Gasteiger partial charge is 0.386 e. The van der Waals surface area contributed by atoms with Gasteiger partial charge in [0.1, 0.15) is 0 Å². The first-order valence-corrected chi connectivity index (χ1v) is 7.22. The Labute approximate surface area is 130 Å². The van der Waals surface area contributed by atoms with Crippen LogP contribution in [0.3, 0.4) is 0 Å². The summed E-state index contributed by atoms with van der Waals surface area (Å²) in [5.41, 5.74) is 3.18. The fraction of sp³-hybridized carbons (Fsp3) is 0.222. The van der Waals surface area contributed by atoms with E-state index in [9.17, 15) is 4.79 Å². The van der Waals surface area contributed by atoms with Crippen LogP contribution in [0.1, 0.15) is 29.7 Å². The summed E-state index contributed by atoms with van der Waals surface area (Å²) in [6, 6.07) is 17.5. The molecule has 1 amide bonds. The highest BCUT2D eigenvalue weighted by molar-refractivity contribution is 5.79. The highest BCUT2D eigenvalue weighted by atomic mass is 16.6. The van der Waals surface area contributed by atoms with E-state index in [2.05, 4.69) is 10.5 Å². The van der Waals surface area contributed by atoms with Crippen LogP contribution >= 0.6 is 0 Å². The molecule has 2 aromatic carbocycles. The summed E-state index contributed by atoms with van der Waals surface area (Å²) in [4.78, 5) is 16.9. The molecule has 2 rings (SSSR count). The molecule has 0 saturated carbocycles. The average molecular weight is 296 g/mol. The van der Waals surface area contributed by atoms with Gasteiger partial charge in [-0.2, -0.15) is 0 Å². The van der Waals surface area contributed by atoms with Crippen molar-refractivity contribution in [1.82, 2.24) is 5.32 Å². The van der Waals surface area contributed by atoms with Gasteiger partial charge in [0.2, 0.25) is 0 Å².